The topological polar surface area (TPSA) is 26.3 Å². The lowest BCUT2D eigenvalue weighted by Crippen LogP contribution is -1.98. The van der Waals surface area contributed by atoms with Gasteiger partial charge in [0.15, 0.2) is 0 Å². The van der Waals surface area contributed by atoms with E-state index in [1.165, 1.54) is 0 Å². The summed E-state index contributed by atoms with van der Waals surface area (Å²) < 4.78 is 24.0. The van der Waals surface area contributed by atoms with E-state index in [9.17, 15) is 4.79 Å². The van der Waals surface area contributed by atoms with E-state index in [0.29, 0.717) is 6.42 Å². The number of unbranched alkanes of at least 4 members (excludes halogenated alkanes) is 2. The van der Waals surface area contributed by atoms with Gasteiger partial charge in [0, 0.05) is 6.42 Å². The molecule has 0 aliphatic rings. The fourth-order valence-corrected chi connectivity index (χ4v) is 0.570. The molecule has 2 heteroatoms. The van der Waals surface area contributed by atoms with Crippen molar-refractivity contribution in [2.45, 2.75) is 32.6 Å². The predicted octanol–water partition coefficient (Wildman–Crippen LogP) is 1.74. The molecule has 0 saturated heterocycles. The summed E-state index contributed by atoms with van der Waals surface area (Å²) in [5.74, 6) is -0.636. The molecule has 0 aliphatic carbocycles. The minimum atomic E-state index is -2.58. The molecule has 0 aliphatic heterocycles. The molecule has 54 valence electrons. The third kappa shape index (κ3) is 5.34. The van der Waals surface area contributed by atoms with Crippen LogP contribution in [0.3, 0.4) is 0 Å². The molecule has 9 heavy (non-hydrogen) atoms. The van der Waals surface area contributed by atoms with Gasteiger partial charge in [0.2, 0.25) is 0 Å². The molecule has 0 radical (unpaired) electrons. The van der Waals surface area contributed by atoms with E-state index >= 15 is 0 Å². The van der Waals surface area contributed by atoms with Crippen LogP contribution in [0.4, 0.5) is 0 Å². The van der Waals surface area contributed by atoms with Gasteiger partial charge in [-0.1, -0.05) is 19.8 Å². The van der Waals surface area contributed by atoms with E-state index in [1.807, 2.05) is 6.92 Å². The quantitative estimate of drug-likeness (QED) is 0.431. The molecule has 0 saturated carbocycles. The molecule has 0 atom stereocenters. The summed E-state index contributed by atoms with van der Waals surface area (Å²) in [5, 5.41) is 0. The zero-order chi connectivity index (χ0) is 9.61. The van der Waals surface area contributed by atoms with Gasteiger partial charge in [0.25, 0.3) is 0 Å². The maximum Gasteiger partial charge on any atom is 0.305 e. The van der Waals surface area contributed by atoms with Crippen molar-refractivity contribution in [1.29, 1.82) is 0 Å². The molecular weight excluding hydrogens is 116 g/mol. The highest BCUT2D eigenvalue weighted by molar-refractivity contribution is 5.68. The zero-order valence-electron chi connectivity index (χ0n) is 8.64. The van der Waals surface area contributed by atoms with Crippen molar-refractivity contribution in [2.75, 3.05) is 7.04 Å². The second-order valence-corrected chi connectivity index (χ2v) is 1.93. The van der Waals surface area contributed by atoms with Crippen LogP contribution in [0.5, 0.6) is 0 Å². The van der Waals surface area contributed by atoms with Crippen LogP contribution in [0.25, 0.3) is 0 Å². The number of rotatable bonds is 4. The fraction of sp³-hybridized carbons (Fsp3) is 0.857. The summed E-state index contributed by atoms with van der Waals surface area (Å²) in [7, 11) is -2.58. The molecule has 2 nitrogen and oxygen atoms in total. The Hall–Kier alpha value is -0.530. The lowest BCUT2D eigenvalue weighted by molar-refractivity contribution is -0.140. The Kier molecular flexibility index (Phi) is 2.68. The summed E-state index contributed by atoms with van der Waals surface area (Å²) in [5.41, 5.74) is 0. The van der Waals surface area contributed by atoms with Crippen molar-refractivity contribution in [3.05, 3.63) is 0 Å². The van der Waals surface area contributed by atoms with Crippen LogP contribution < -0.4 is 0 Å². The molecule has 0 amide bonds. The van der Waals surface area contributed by atoms with Crippen molar-refractivity contribution >= 4 is 5.97 Å². The van der Waals surface area contributed by atoms with Crippen molar-refractivity contribution in [3.8, 4) is 0 Å². The van der Waals surface area contributed by atoms with Gasteiger partial charge in [-0.2, -0.15) is 0 Å². The van der Waals surface area contributed by atoms with Crippen molar-refractivity contribution in [1.82, 2.24) is 0 Å². The van der Waals surface area contributed by atoms with Gasteiger partial charge in [-0.15, -0.1) is 0 Å². The van der Waals surface area contributed by atoms with E-state index in [4.69, 9.17) is 4.11 Å². The van der Waals surface area contributed by atoms with E-state index in [0.717, 1.165) is 12.8 Å². The number of carbonyl (C=O) groups excluding carboxylic acids is 1. The predicted molar refractivity (Wildman–Crippen MR) is 36.2 cm³/mol. The summed E-state index contributed by atoms with van der Waals surface area (Å²) in [4.78, 5) is 10.8. The highest BCUT2D eigenvalue weighted by Gasteiger charge is 1.96. The highest BCUT2D eigenvalue weighted by Crippen LogP contribution is 1.98. The Bertz CT molecular complexity index is 142. The number of hydrogen-bond donors (Lipinski definition) is 0. The summed E-state index contributed by atoms with van der Waals surface area (Å²) in [6.45, 7) is 2.01. The Morgan fingerprint density at radius 1 is 1.67 bits per heavy atom. The van der Waals surface area contributed by atoms with Gasteiger partial charge in [-0.3, -0.25) is 4.79 Å². The third-order valence-corrected chi connectivity index (χ3v) is 1.10. The third-order valence-electron chi connectivity index (χ3n) is 1.10. The maximum atomic E-state index is 10.8. The van der Waals surface area contributed by atoms with Gasteiger partial charge in [-0.05, 0) is 6.42 Å². The minimum Gasteiger partial charge on any atom is -0.469 e. The van der Waals surface area contributed by atoms with Gasteiger partial charge < -0.3 is 4.74 Å². The standard InChI is InChI=1S/C7H14O2/c1-3-4-5-6-7(8)9-2/h3-6H2,1-2H3/i2D3. The zero-order valence-corrected chi connectivity index (χ0v) is 5.64. The summed E-state index contributed by atoms with van der Waals surface area (Å²) in [6, 6.07) is 0. The van der Waals surface area contributed by atoms with Gasteiger partial charge in [0.05, 0.1) is 11.2 Å². The van der Waals surface area contributed by atoms with Gasteiger partial charge in [0.1, 0.15) is 0 Å². The molecule has 0 unspecified atom stereocenters. The van der Waals surface area contributed by atoms with E-state index in [1.54, 1.807) is 0 Å². The highest BCUT2D eigenvalue weighted by atomic mass is 16.5. The van der Waals surface area contributed by atoms with Crippen LogP contribution in [0.1, 0.15) is 36.7 Å². The van der Waals surface area contributed by atoms with Gasteiger partial charge >= 0.3 is 5.97 Å². The summed E-state index contributed by atoms with van der Waals surface area (Å²) in [6.07, 6.45) is 2.83. The normalized spacial score (nSPS) is 15.4. The monoisotopic (exact) mass is 133 g/mol. The van der Waals surface area contributed by atoms with Crippen LogP contribution in [0.2, 0.25) is 0 Å². The molecule has 0 spiro atoms. The Balaban J connectivity index is 3.47. The number of hydrogen-bond acceptors (Lipinski definition) is 2. The smallest absolute Gasteiger partial charge is 0.305 e. The first-order chi connectivity index (χ1) is 5.45. The first-order valence-electron chi connectivity index (χ1n) is 4.67. The lowest BCUT2D eigenvalue weighted by Gasteiger charge is -1.95. The minimum absolute atomic E-state index is 0.201. The summed E-state index contributed by atoms with van der Waals surface area (Å²) >= 11 is 0. The molecular formula is C7H14O2. The Morgan fingerprint density at radius 2 is 2.44 bits per heavy atom. The van der Waals surface area contributed by atoms with E-state index in [-0.39, 0.29) is 6.42 Å². The number of carbonyl (C=O) groups is 1. The van der Waals surface area contributed by atoms with Crippen LogP contribution in [0.15, 0.2) is 0 Å². The molecule has 0 aromatic carbocycles. The van der Waals surface area contributed by atoms with Crippen LogP contribution in [-0.4, -0.2) is 13.0 Å². The second kappa shape index (κ2) is 5.60. The number of esters is 1. The average Bonchev–Trinajstić information content (AvgIpc) is 1.84. The largest absolute Gasteiger partial charge is 0.469 e. The van der Waals surface area contributed by atoms with Crippen LogP contribution >= 0.6 is 0 Å². The lowest BCUT2D eigenvalue weighted by atomic mass is 10.2. The molecule has 0 bridgehead atoms. The van der Waals surface area contributed by atoms with E-state index in [2.05, 4.69) is 4.74 Å². The van der Waals surface area contributed by atoms with Crippen molar-refractivity contribution < 1.29 is 13.6 Å². The second-order valence-electron chi connectivity index (χ2n) is 1.93. The average molecular weight is 133 g/mol. The van der Waals surface area contributed by atoms with Crippen molar-refractivity contribution in [3.63, 3.8) is 0 Å². The Labute approximate surface area is 60.4 Å². The molecule has 0 N–H and O–H groups in total. The Morgan fingerprint density at radius 3 is 3.00 bits per heavy atom. The van der Waals surface area contributed by atoms with Crippen LogP contribution in [0, 0.1) is 0 Å². The molecule has 0 aromatic rings. The fourth-order valence-electron chi connectivity index (χ4n) is 0.570. The van der Waals surface area contributed by atoms with Crippen molar-refractivity contribution in [2.24, 2.45) is 0 Å². The molecule has 0 aromatic heterocycles. The first kappa shape index (κ1) is 4.31. The number of methoxy groups -OCH3 is 1. The van der Waals surface area contributed by atoms with Gasteiger partial charge in [-0.25, -0.2) is 0 Å². The number of ether oxygens (including phenoxy) is 1. The first-order valence-corrected chi connectivity index (χ1v) is 3.17. The molecule has 0 fully saturated rings. The molecule has 0 heterocycles. The van der Waals surface area contributed by atoms with Crippen LogP contribution in [-0.2, 0) is 9.53 Å². The SMILES string of the molecule is [2H]C([2H])([2H])OC(=O)CCCCC. The van der Waals surface area contributed by atoms with E-state index < -0.39 is 13.0 Å². The maximum absolute atomic E-state index is 10.8. The molecule has 0 rings (SSSR count).